The van der Waals surface area contributed by atoms with Gasteiger partial charge in [0.2, 0.25) is 5.91 Å². The number of rotatable bonds is 7. The lowest BCUT2D eigenvalue weighted by Crippen LogP contribution is -2.22. The van der Waals surface area contributed by atoms with Crippen molar-refractivity contribution >= 4 is 11.7 Å². The van der Waals surface area contributed by atoms with Crippen LogP contribution < -0.4 is 10.1 Å². The summed E-state index contributed by atoms with van der Waals surface area (Å²) in [6.07, 6.45) is 6.08. The lowest BCUT2D eigenvalue weighted by atomic mass is 10.2. The fourth-order valence-corrected chi connectivity index (χ4v) is 2.79. The van der Waals surface area contributed by atoms with Gasteiger partial charge in [-0.15, -0.1) is 0 Å². The lowest BCUT2D eigenvalue weighted by Gasteiger charge is -2.14. The van der Waals surface area contributed by atoms with Crippen molar-refractivity contribution in [2.75, 3.05) is 12.4 Å². The summed E-state index contributed by atoms with van der Waals surface area (Å²) in [4.78, 5) is 16.8. The minimum atomic E-state index is -0.165. The monoisotopic (exact) mass is 368 g/mol. The van der Waals surface area contributed by atoms with Crippen LogP contribution in [0.5, 0.6) is 5.75 Å². The fourth-order valence-electron chi connectivity index (χ4n) is 2.79. The zero-order chi connectivity index (χ0) is 19.4. The normalized spacial score (nSPS) is 12.0. The van der Waals surface area contributed by atoms with E-state index in [1.165, 1.54) is 0 Å². The Bertz CT molecular complexity index is 930. The van der Waals surface area contributed by atoms with Crippen LogP contribution in [0.4, 0.5) is 5.82 Å². The first-order chi connectivity index (χ1) is 13.0. The Kier molecular flexibility index (Phi) is 5.54. The molecule has 0 aliphatic rings. The Labute approximate surface area is 158 Å². The highest BCUT2D eigenvalue weighted by molar-refractivity contribution is 5.89. The molecule has 0 spiro atoms. The largest absolute Gasteiger partial charge is 0.494 e. The molecule has 1 unspecified atom stereocenters. The van der Waals surface area contributed by atoms with Crippen LogP contribution in [0.2, 0.25) is 0 Å². The Morgan fingerprint density at radius 3 is 2.96 bits per heavy atom. The summed E-state index contributed by atoms with van der Waals surface area (Å²) in [5.41, 5.74) is 2.35. The first-order valence-electron chi connectivity index (χ1n) is 8.89. The molecule has 0 fully saturated rings. The van der Waals surface area contributed by atoms with Gasteiger partial charge in [0, 0.05) is 24.0 Å². The molecule has 8 nitrogen and oxygen atoms in total. The van der Waals surface area contributed by atoms with E-state index < -0.39 is 0 Å². The maximum atomic E-state index is 12.5. The van der Waals surface area contributed by atoms with Gasteiger partial charge in [-0.1, -0.05) is 6.92 Å². The van der Waals surface area contributed by atoms with E-state index in [2.05, 4.69) is 34.3 Å². The molecule has 3 heterocycles. The van der Waals surface area contributed by atoms with Gasteiger partial charge in [-0.2, -0.15) is 10.2 Å². The van der Waals surface area contributed by atoms with Crippen molar-refractivity contribution in [3.05, 3.63) is 42.5 Å². The van der Waals surface area contributed by atoms with Crippen LogP contribution in [0.15, 0.2) is 36.8 Å². The lowest BCUT2D eigenvalue weighted by molar-refractivity contribution is -0.117. The van der Waals surface area contributed by atoms with Crippen LogP contribution in [0.25, 0.3) is 11.3 Å². The zero-order valence-corrected chi connectivity index (χ0v) is 16.0. The molecule has 1 atom stereocenters. The van der Waals surface area contributed by atoms with Crippen LogP contribution in [-0.4, -0.2) is 37.6 Å². The molecule has 0 saturated carbocycles. The third-order valence-corrected chi connectivity index (χ3v) is 4.34. The van der Waals surface area contributed by atoms with Crippen LogP contribution in [0.1, 0.15) is 32.0 Å². The summed E-state index contributed by atoms with van der Waals surface area (Å²) in [6, 6.07) is 5.73. The van der Waals surface area contributed by atoms with Crippen molar-refractivity contribution in [2.24, 2.45) is 0 Å². The van der Waals surface area contributed by atoms with Gasteiger partial charge in [0.1, 0.15) is 23.8 Å². The first kappa shape index (κ1) is 18.6. The van der Waals surface area contributed by atoms with Gasteiger partial charge in [-0.25, -0.2) is 4.68 Å². The molecule has 1 amide bonds. The molecule has 3 aromatic heterocycles. The van der Waals surface area contributed by atoms with Gasteiger partial charge >= 0.3 is 0 Å². The van der Waals surface area contributed by atoms with E-state index in [0.717, 1.165) is 17.7 Å². The number of aromatic nitrogens is 5. The maximum absolute atomic E-state index is 12.5. The molecule has 0 bridgehead atoms. The number of anilines is 1. The van der Waals surface area contributed by atoms with E-state index in [4.69, 9.17) is 4.74 Å². The SMILES string of the molecule is CCC(C)n1nc(C)cc1NC(=O)Cn1cc(-c2ncccc2OC)cn1. The first-order valence-corrected chi connectivity index (χ1v) is 8.89. The minimum Gasteiger partial charge on any atom is -0.494 e. The second kappa shape index (κ2) is 8.03. The highest BCUT2D eigenvalue weighted by atomic mass is 16.5. The van der Waals surface area contributed by atoms with E-state index in [1.807, 2.05) is 29.8 Å². The molecule has 3 aromatic rings. The van der Waals surface area contributed by atoms with Crippen molar-refractivity contribution < 1.29 is 9.53 Å². The molecule has 8 heteroatoms. The van der Waals surface area contributed by atoms with Gasteiger partial charge < -0.3 is 10.1 Å². The van der Waals surface area contributed by atoms with Gasteiger partial charge in [0.05, 0.1) is 25.0 Å². The molecular formula is C19H24N6O2. The van der Waals surface area contributed by atoms with Crippen LogP contribution in [0.3, 0.4) is 0 Å². The highest BCUT2D eigenvalue weighted by Crippen LogP contribution is 2.26. The van der Waals surface area contributed by atoms with E-state index in [9.17, 15) is 4.79 Å². The number of methoxy groups -OCH3 is 1. The molecule has 0 aliphatic heterocycles. The summed E-state index contributed by atoms with van der Waals surface area (Å²) in [5.74, 6) is 1.20. The Morgan fingerprint density at radius 1 is 1.41 bits per heavy atom. The van der Waals surface area contributed by atoms with Crippen molar-refractivity contribution in [3.63, 3.8) is 0 Å². The molecule has 0 aromatic carbocycles. The van der Waals surface area contributed by atoms with Gasteiger partial charge in [-0.3, -0.25) is 14.5 Å². The Hall–Kier alpha value is -3.16. The average molecular weight is 368 g/mol. The number of nitrogens with zero attached hydrogens (tertiary/aromatic N) is 5. The summed E-state index contributed by atoms with van der Waals surface area (Å²) in [7, 11) is 1.60. The van der Waals surface area contributed by atoms with Gasteiger partial charge in [0.15, 0.2) is 0 Å². The summed E-state index contributed by atoms with van der Waals surface area (Å²) >= 11 is 0. The Morgan fingerprint density at radius 2 is 2.22 bits per heavy atom. The molecule has 27 heavy (non-hydrogen) atoms. The molecule has 142 valence electrons. The summed E-state index contributed by atoms with van der Waals surface area (Å²) in [6.45, 7) is 6.17. The minimum absolute atomic E-state index is 0.0971. The van der Waals surface area contributed by atoms with E-state index in [0.29, 0.717) is 17.3 Å². The van der Waals surface area contributed by atoms with Crippen LogP contribution in [-0.2, 0) is 11.3 Å². The molecule has 0 saturated heterocycles. The van der Waals surface area contributed by atoms with Gasteiger partial charge in [0.25, 0.3) is 0 Å². The van der Waals surface area contributed by atoms with Crippen molar-refractivity contribution in [3.8, 4) is 17.0 Å². The smallest absolute Gasteiger partial charge is 0.247 e. The van der Waals surface area contributed by atoms with Crippen LogP contribution >= 0.6 is 0 Å². The summed E-state index contributed by atoms with van der Waals surface area (Å²) in [5, 5.41) is 11.7. The standard InChI is InChI=1S/C19H24N6O2/c1-5-14(3)25-17(9-13(2)23-25)22-18(26)12-24-11-15(10-21-24)19-16(27-4)7-6-8-20-19/h6-11,14H,5,12H2,1-4H3,(H,22,26). The third kappa shape index (κ3) is 4.16. The molecule has 3 rings (SSSR count). The number of carbonyl (C=O) groups is 1. The number of hydrogen-bond donors (Lipinski definition) is 1. The molecular weight excluding hydrogens is 344 g/mol. The quantitative estimate of drug-likeness (QED) is 0.692. The maximum Gasteiger partial charge on any atom is 0.247 e. The predicted molar refractivity (Wildman–Crippen MR) is 103 cm³/mol. The number of amides is 1. The van der Waals surface area contributed by atoms with Crippen molar-refractivity contribution in [1.82, 2.24) is 24.5 Å². The number of carbonyl (C=O) groups excluding carboxylic acids is 1. The second-order valence-electron chi connectivity index (χ2n) is 6.40. The topological polar surface area (TPSA) is 86.9 Å². The van der Waals surface area contributed by atoms with Crippen molar-refractivity contribution in [2.45, 2.75) is 39.8 Å². The van der Waals surface area contributed by atoms with E-state index >= 15 is 0 Å². The molecule has 0 aliphatic carbocycles. The predicted octanol–water partition coefficient (Wildman–Crippen LogP) is 3.07. The summed E-state index contributed by atoms with van der Waals surface area (Å²) < 4.78 is 8.76. The average Bonchev–Trinajstić information content (AvgIpc) is 3.27. The zero-order valence-electron chi connectivity index (χ0n) is 16.0. The van der Waals surface area contributed by atoms with E-state index in [-0.39, 0.29) is 18.5 Å². The number of hydrogen-bond acceptors (Lipinski definition) is 5. The Balaban J connectivity index is 1.72. The van der Waals surface area contributed by atoms with E-state index in [1.54, 1.807) is 30.4 Å². The van der Waals surface area contributed by atoms with Gasteiger partial charge in [-0.05, 0) is 32.4 Å². The third-order valence-electron chi connectivity index (χ3n) is 4.34. The highest BCUT2D eigenvalue weighted by Gasteiger charge is 2.15. The van der Waals surface area contributed by atoms with Crippen LogP contribution in [0, 0.1) is 6.92 Å². The number of aryl methyl sites for hydroxylation is 1. The number of pyridine rings is 1. The fraction of sp³-hybridized carbons (Fsp3) is 0.368. The number of nitrogens with one attached hydrogen (secondary N) is 1. The molecule has 1 N–H and O–H groups in total. The molecule has 0 radical (unpaired) electrons. The second-order valence-corrected chi connectivity index (χ2v) is 6.40. The van der Waals surface area contributed by atoms with Crippen molar-refractivity contribution in [1.29, 1.82) is 0 Å². The number of ether oxygens (including phenoxy) is 1.